The summed E-state index contributed by atoms with van der Waals surface area (Å²) in [5.74, 6) is 0. The van der Waals surface area contributed by atoms with Crippen LogP contribution in [0.4, 0.5) is 0 Å². The Labute approximate surface area is 185 Å². The van der Waals surface area contributed by atoms with Crippen LogP contribution in [0.1, 0.15) is 32.6 Å². The molecule has 1 aliphatic heterocycles. The second kappa shape index (κ2) is 9.91. The van der Waals surface area contributed by atoms with Gasteiger partial charge in [-0.15, -0.1) is 0 Å². The van der Waals surface area contributed by atoms with Gasteiger partial charge in [0.05, 0.1) is 17.9 Å². The number of nitrogens with one attached hydrogen (secondary N) is 2. The lowest BCUT2D eigenvalue weighted by Gasteiger charge is -2.24. The molecule has 0 radical (unpaired) electrons. The maximum atomic E-state index is 12.0. The van der Waals surface area contributed by atoms with E-state index in [4.69, 9.17) is 4.74 Å². The smallest absolute Gasteiger partial charge is 0.387 e. The van der Waals surface area contributed by atoms with Crippen LogP contribution in [0.3, 0.4) is 0 Å². The van der Waals surface area contributed by atoms with Crippen molar-refractivity contribution in [1.29, 1.82) is 0 Å². The minimum atomic E-state index is -5.69. The van der Waals surface area contributed by atoms with E-state index in [1.165, 1.54) is 20.8 Å². The van der Waals surface area contributed by atoms with Crippen LogP contribution in [0.15, 0.2) is 15.7 Å². The Morgan fingerprint density at radius 3 is 2.09 bits per heavy atom. The number of phosphoric acid groups is 3. The van der Waals surface area contributed by atoms with E-state index >= 15 is 0 Å². The van der Waals surface area contributed by atoms with Gasteiger partial charge >= 0.3 is 29.2 Å². The Bertz CT molecular complexity index is 1080. The van der Waals surface area contributed by atoms with Crippen molar-refractivity contribution >= 4 is 23.5 Å². The van der Waals surface area contributed by atoms with E-state index in [2.05, 4.69) is 22.7 Å². The molecule has 2 heterocycles. The summed E-state index contributed by atoms with van der Waals surface area (Å²) in [5, 5.41) is 20.2. The largest absolute Gasteiger partial charge is 0.490 e. The van der Waals surface area contributed by atoms with Crippen molar-refractivity contribution in [2.24, 2.45) is 0 Å². The van der Waals surface area contributed by atoms with Crippen LogP contribution in [0.5, 0.6) is 0 Å². The molecule has 1 fully saturated rings. The fraction of sp³-hybridized carbons (Fsp3) is 0.692. The molecule has 1 saturated heterocycles. The fourth-order valence-electron chi connectivity index (χ4n) is 2.61. The Hall–Kier alpha value is -1.03. The van der Waals surface area contributed by atoms with Crippen molar-refractivity contribution in [3.8, 4) is 0 Å². The second-order valence-electron chi connectivity index (χ2n) is 7.69. The number of aromatic nitrogens is 2. The molecule has 0 spiro atoms. The molecule has 20 heteroatoms. The van der Waals surface area contributed by atoms with E-state index in [9.17, 15) is 48.2 Å². The first-order valence-corrected chi connectivity index (χ1v) is 13.4. The minimum Gasteiger partial charge on any atom is -0.387 e. The summed E-state index contributed by atoms with van der Waals surface area (Å²) in [6.07, 6.45) is -6.45. The van der Waals surface area contributed by atoms with Crippen molar-refractivity contribution in [3.05, 3.63) is 32.6 Å². The SMILES string of the molecule is CC(C)(C)OP(=O)(O)OP(=O)(O)OP(=O)(O)OCC1OC(c2cc(=O)[nH]c(=O)[nH]2)C(O)C1O. The molecule has 0 bridgehead atoms. The molecular formula is C13H23N2O15P3. The summed E-state index contributed by atoms with van der Waals surface area (Å²) in [7, 11) is -16.4. The lowest BCUT2D eigenvalue weighted by Crippen LogP contribution is -2.33. The van der Waals surface area contributed by atoms with Crippen molar-refractivity contribution in [3.63, 3.8) is 0 Å². The molecule has 2 rings (SSSR count). The van der Waals surface area contributed by atoms with Gasteiger partial charge in [-0.3, -0.25) is 18.8 Å². The molecule has 0 saturated carbocycles. The first-order valence-electron chi connectivity index (χ1n) is 8.91. The highest BCUT2D eigenvalue weighted by atomic mass is 31.3. The maximum Gasteiger partial charge on any atom is 0.490 e. The highest BCUT2D eigenvalue weighted by Crippen LogP contribution is 2.68. The van der Waals surface area contributed by atoms with Gasteiger partial charge in [0.25, 0.3) is 5.56 Å². The van der Waals surface area contributed by atoms with Gasteiger partial charge in [-0.05, 0) is 20.8 Å². The van der Waals surface area contributed by atoms with Crippen molar-refractivity contribution in [2.75, 3.05) is 6.61 Å². The minimum absolute atomic E-state index is 0.216. The number of rotatable bonds is 9. The summed E-state index contributed by atoms with van der Waals surface area (Å²) in [6, 6.07) is 0.873. The van der Waals surface area contributed by atoms with Gasteiger partial charge in [0, 0.05) is 6.07 Å². The average Bonchev–Trinajstić information content (AvgIpc) is 2.83. The summed E-state index contributed by atoms with van der Waals surface area (Å²) in [6.45, 7) is 2.94. The zero-order valence-corrected chi connectivity index (χ0v) is 19.9. The predicted molar refractivity (Wildman–Crippen MR) is 106 cm³/mol. The van der Waals surface area contributed by atoms with Crippen molar-refractivity contribution in [2.45, 2.75) is 50.8 Å². The number of phosphoric ester groups is 2. The lowest BCUT2D eigenvalue weighted by atomic mass is 10.1. The topological polar surface area (TPSA) is 264 Å². The molecule has 7 N–H and O–H groups in total. The molecule has 7 unspecified atom stereocenters. The molecule has 17 nitrogen and oxygen atoms in total. The van der Waals surface area contributed by atoms with Crippen LogP contribution in [-0.4, -0.2) is 65.4 Å². The van der Waals surface area contributed by atoms with Crippen LogP contribution in [0, 0.1) is 0 Å². The fourth-order valence-corrected chi connectivity index (χ4v) is 6.44. The van der Waals surface area contributed by atoms with Crippen LogP contribution in [0.2, 0.25) is 0 Å². The standard InChI is InChI=1S/C13H23N2O15P3/c1-13(2,3)28-32(22,23)30-33(24,25)29-31(20,21)26-5-7-9(17)10(18)11(27-7)6-4-8(16)15-12(19)14-6/h4,7,9-11,17-18H,5H2,1-3H3,(H,20,21)(H,22,23)(H,24,25)(H2,14,15,16,19). The number of H-pyrrole nitrogens is 2. The van der Waals surface area contributed by atoms with Gasteiger partial charge in [0.15, 0.2) is 0 Å². The van der Waals surface area contributed by atoms with Gasteiger partial charge in [-0.25, -0.2) is 18.5 Å². The van der Waals surface area contributed by atoms with Crippen molar-refractivity contribution in [1.82, 2.24) is 9.97 Å². The van der Waals surface area contributed by atoms with Crippen LogP contribution in [-0.2, 0) is 36.1 Å². The van der Waals surface area contributed by atoms with E-state index < -0.39 is 71.3 Å². The Kier molecular flexibility index (Phi) is 8.47. The second-order valence-corrected chi connectivity index (χ2v) is 12.2. The Morgan fingerprint density at radius 2 is 1.55 bits per heavy atom. The number of aliphatic hydroxyl groups excluding tert-OH is 2. The molecule has 1 aromatic heterocycles. The molecule has 190 valence electrons. The molecule has 0 aromatic carbocycles. The number of aromatic amines is 2. The number of aliphatic hydroxyl groups is 2. The quantitative estimate of drug-likeness (QED) is 0.193. The van der Waals surface area contributed by atoms with E-state index in [1.54, 1.807) is 0 Å². The molecular weight excluding hydrogens is 517 g/mol. The third-order valence-corrected chi connectivity index (χ3v) is 8.21. The zero-order chi connectivity index (χ0) is 25.4. The summed E-state index contributed by atoms with van der Waals surface area (Å²) in [4.78, 5) is 55.5. The molecule has 33 heavy (non-hydrogen) atoms. The third-order valence-electron chi connectivity index (χ3n) is 3.65. The lowest BCUT2D eigenvalue weighted by molar-refractivity contribution is -0.0235. The monoisotopic (exact) mass is 540 g/mol. The Morgan fingerprint density at radius 1 is 0.970 bits per heavy atom. The van der Waals surface area contributed by atoms with E-state index in [-0.39, 0.29) is 5.69 Å². The van der Waals surface area contributed by atoms with Gasteiger partial charge in [-0.1, -0.05) is 0 Å². The van der Waals surface area contributed by atoms with Gasteiger partial charge in [-0.2, -0.15) is 8.62 Å². The number of hydrogen-bond donors (Lipinski definition) is 7. The van der Waals surface area contributed by atoms with E-state index in [0.29, 0.717) is 0 Å². The van der Waals surface area contributed by atoms with Crippen LogP contribution in [0.25, 0.3) is 0 Å². The zero-order valence-electron chi connectivity index (χ0n) is 17.3. The first kappa shape index (κ1) is 28.2. The highest BCUT2D eigenvalue weighted by molar-refractivity contribution is 7.66. The number of hydrogen-bond acceptors (Lipinski definition) is 12. The van der Waals surface area contributed by atoms with Crippen LogP contribution >= 0.6 is 23.5 Å². The molecule has 1 aromatic rings. The summed E-state index contributed by atoms with van der Waals surface area (Å²) in [5.41, 5.74) is -3.27. The summed E-state index contributed by atoms with van der Waals surface area (Å²) >= 11 is 0. The van der Waals surface area contributed by atoms with Gasteiger partial charge in [0.1, 0.15) is 24.4 Å². The average molecular weight is 540 g/mol. The van der Waals surface area contributed by atoms with Gasteiger partial charge < -0.3 is 34.6 Å². The Balaban J connectivity index is 2.03. The third kappa shape index (κ3) is 8.60. The summed E-state index contributed by atoms with van der Waals surface area (Å²) < 4.78 is 57.6. The number of ether oxygens (including phenoxy) is 1. The molecule has 0 amide bonds. The van der Waals surface area contributed by atoms with E-state index in [0.717, 1.165) is 6.07 Å². The predicted octanol–water partition coefficient (Wildman–Crippen LogP) is -0.609. The first-order chi connectivity index (χ1) is 14.8. The van der Waals surface area contributed by atoms with Crippen molar-refractivity contribution < 1.29 is 61.0 Å². The molecule has 7 atom stereocenters. The van der Waals surface area contributed by atoms with Crippen LogP contribution < -0.4 is 11.2 Å². The highest BCUT2D eigenvalue weighted by Gasteiger charge is 2.47. The maximum absolute atomic E-state index is 12.0. The van der Waals surface area contributed by atoms with E-state index in [1.807, 2.05) is 4.98 Å². The van der Waals surface area contributed by atoms with Gasteiger partial charge in [0.2, 0.25) is 0 Å². The normalized spacial score (nSPS) is 29.2. The molecule has 1 aliphatic rings. The molecule has 0 aliphatic carbocycles.